The lowest BCUT2D eigenvalue weighted by Crippen LogP contribution is -2.52. The Bertz CT molecular complexity index is 1610. The minimum absolute atomic E-state index is 0.00317. The van der Waals surface area contributed by atoms with E-state index in [1.54, 1.807) is 72.8 Å². The molecule has 2 unspecified atom stereocenters. The topological polar surface area (TPSA) is 200 Å². The van der Waals surface area contributed by atoms with E-state index in [9.17, 15) is 34.4 Å². The Kier molecular flexibility index (Phi) is 13.9. The molecule has 0 aliphatic carbocycles. The molecular formula is C34H38ClN5O8. The standard InChI is InChI=1S/C34H38ClN5O8/c1-21(2)17-28(33(44)39-29(34(45)46)18-23-5-3-22(4-6-23)9-16-32(42)43)38-31(41)19-24-7-12-26(13-8-24)36-30(20-40(47)48)37-27-14-10-25(35)11-15-27/h3-8,10-15,20-21,28-29,36-37H,9,16-19H2,1-2H3,(H,38,41)(H,39,44)(H,42,43)(H,45,46). The average molecular weight is 680 g/mol. The first kappa shape index (κ1) is 37.0. The van der Waals surface area contributed by atoms with Crippen LogP contribution in [0.2, 0.25) is 5.02 Å². The number of hydrogen-bond donors (Lipinski definition) is 6. The second-order valence-electron chi connectivity index (χ2n) is 11.5. The number of nitrogens with one attached hydrogen (secondary N) is 4. The molecule has 3 aromatic carbocycles. The number of carboxylic acids is 2. The molecule has 48 heavy (non-hydrogen) atoms. The van der Waals surface area contributed by atoms with E-state index in [1.807, 2.05) is 13.8 Å². The van der Waals surface area contributed by atoms with E-state index in [2.05, 4.69) is 21.3 Å². The second kappa shape index (κ2) is 18.0. The maximum atomic E-state index is 13.2. The van der Waals surface area contributed by atoms with Gasteiger partial charge in [-0.1, -0.05) is 61.8 Å². The summed E-state index contributed by atoms with van der Waals surface area (Å²) in [6.45, 7) is 3.75. The third-order valence-electron chi connectivity index (χ3n) is 7.02. The molecule has 0 saturated heterocycles. The predicted molar refractivity (Wildman–Crippen MR) is 181 cm³/mol. The van der Waals surface area contributed by atoms with Gasteiger partial charge in [0.2, 0.25) is 11.8 Å². The van der Waals surface area contributed by atoms with Crippen LogP contribution in [-0.4, -0.2) is 51.0 Å². The van der Waals surface area contributed by atoms with Crippen molar-refractivity contribution in [1.82, 2.24) is 10.6 Å². The van der Waals surface area contributed by atoms with Crippen LogP contribution in [0.25, 0.3) is 0 Å². The summed E-state index contributed by atoms with van der Waals surface area (Å²) < 4.78 is 0. The molecule has 3 rings (SSSR count). The maximum Gasteiger partial charge on any atom is 0.326 e. The Balaban J connectivity index is 1.61. The molecule has 0 aliphatic rings. The van der Waals surface area contributed by atoms with Gasteiger partial charge in [-0.3, -0.25) is 24.5 Å². The molecule has 0 bridgehead atoms. The van der Waals surface area contributed by atoms with Gasteiger partial charge in [0.15, 0.2) is 5.82 Å². The fourth-order valence-electron chi connectivity index (χ4n) is 4.69. The van der Waals surface area contributed by atoms with Crippen molar-refractivity contribution in [2.24, 2.45) is 5.92 Å². The van der Waals surface area contributed by atoms with Crippen LogP contribution in [0.5, 0.6) is 0 Å². The monoisotopic (exact) mass is 679 g/mol. The highest BCUT2D eigenvalue weighted by Gasteiger charge is 2.27. The zero-order valence-electron chi connectivity index (χ0n) is 26.4. The molecule has 0 radical (unpaired) electrons. The number of hydrogen-bond acceptors (Lipinski definition) is 8. The lowest BCUT2D eigenvalue weighted by molar-refractivity contribution is -0.403. The van der Waals surface area contributed by atoms with Crippen molar-refractivity contribution in [3.8, 4) is 0 Å². The van der Waals surface area contributed by atoms with Crippen LogP contribution in [0.1, 0.15) is 43.4 Å². The number of rotatable bonds is 18. The molecule has 6 N–H and O–H groups in total. The van der Waals surface area contributed by atoms with Crippen molar-refractivity contribution in [3.05, 3.63) is 117 Å². The number of benzene rings is 3. The van der Waals surface area contributed by atoms with Gasteiger partial charge >= 0.3 is 11.9 Å². The van der Waals surface area contributed by atoms with Crippen LogP contribution in [0.4, 0.5) is 11.4 Å². The third kappa shape index (κ3) is 13.1. The lowest BCUT2D eigenvalue weighted by atomic mass is 10.00. The Labute approximate surface area is 282 Å². The number of carbonyl (C=O) groups is 4. The van der Waals surface area contributed by atoms with E-state index in [0.29, 0.717) is 33.9 Å². The van der Waals surface area contributed by atoms with E-state index in [-0.39, 0.29) is 37.4 Å². The molecule has 0 saturated carbocycles. The molecule has 3 aromatic rings. The summed E-state index contributed by atoms with van der Waals surface area (Å²) in [5.74, 6) is -3.11. The molecule has 2 atom stereocenters. The lowest BCUT2D eigenvalue weighted by Gasteiger charge is -2.23. The number of amides is 2. The highest BCUT2D eigenvalue weighted by Crippen LogP contribution is 2.18. The van der Waals surface area contributed by atoms with Gasteiger partial charge < -0.3 is 31.5 Å². The van der Waals surface area contributed by atoms with Crippen molar-refractivity contribution < 1.29 is 34.3 Å². The van der Waals surface area contributed by atoms with E-state index < -0.39 is 40.8 Å². The van der Waals surface area contributed by atoms with Crippen LogP contribution in [0, 0.1) is 16.0 Å². The highest BCUT2D eigenvalue weighted by molar-refractivity contribution is 6.30. The SMILES string of the molecule is CC(C)CC(NC(=O)Cc1ccc(NC(=C[N+](=O)[O-])Nc2ccc(Cl)cc2)cc1)C(=O)NC(Cc1ccc(CCC(=O)O)cc1)C(=O)O. The first-order chi connectivity index (χ1) is 22.8. The number of halogens is 1. The number of nitrogens with zero attached hydrogens (tertiary/aromatic N) is 1. The van der Waals surface area contributed by atoms with Gasteiger partial charge in [-0.15, -0.1) is 0 Å². The van der Waals surface area contributed by atoms with Crippen LogP contribution in [0.3, 0.4) is 0 Å². The van der Waals surface area contributed by atoms with E-state index >= 15 is 0 Å². The van der Waals surface area contributed by atoms with Crippen molar-refractivity contribution in [2.75, 3.05) is 10.6 Å². The first-order valence-corrected chi connectivity index (χ1v) is 15.5. The van der Waals surface area contributed by atoms with Gasteiger partial charge in [-0.05, 0) is 71.8 Å². The minimum atomic E-state index is -1.25. The van der Waals surface area contributed by atoms with Crippen molar-refractivity contribution in [3.63, 3.8) is 0 Å². The van der Waals surface area contributed by atoms with Gasteiger partial charge in [0, 0.05) is 29.2 Å². The largest absolute Gasteiger partial charge is 0.481 e. The normalized spacial score (nSPS) is 12.5. The molecule has 0 heterocycles. The highest BCUT2D eigenvalue weighted by atomic mass is 35.5. The molecule has 2 amide bonds. The van der Waals surface area contributed by atoms with Crippen LogP contribution in [-0.2, 0) is 38.4 Å². The van der Waals surface area contributed by atoms with Gasteiger partial charge in [-0.25, -0.2) is 4.79 Å². The Morgan fingerprint density at radius 3 is 1.88 bits per heavy atom. The Morgan fingerprint density at radius 1 is 0.812 bits per heavy atom. The van der Waals surface area contributed by atoms with Gasteiger partial charge in [0.25, 0.3) is 6.20 Å². The molecule has 0 spiro atoms. The predicted octanol–water partition coefficient (Wildman–Crippen LogP) is 4.84. The minimum Gasteiger partial charge on any atom is -0.481 e. The quantitative estimate of drug-likeness (QED) is 0.0798. The number of anilines is 2. The zero-order chi connectivity index (χ0) is 35.2. The molecule has 0 aromatic heterocycles. The summed E-state index contributed by atoms with van der Waals surface area (Å²) in [7, 11) is 0. The van der Waals surface area contributed by atoms with Gasteiger partial charge in [0.1, 0.15) is 12.1 Å². The van der Waals surface area contributed by atoms with Gasteiger partial charge in [0.05, 0.1) is 11.3 Å². The summed E-state index contributed by atoms with van der Waals surface area (Å²) >= 11 is 5.91. The van der Waals surface area contributed by atoms with E-state index in [0.717, 1.165) is 11.8 Å². The summed E-state index contributed by atoms with van der Waals surface area (Å²) in [6.07, 6.45) is 1.31. The fourth-order valence-corrected chi connectivity index (χ4v) is 4.81. The third-order valence-corrected chi connectivity index (χ3v) is 7.27. The number of aryl methyl sites for hydroxylation is 1. The zero-order valence-corrected chi connectivity index (χ0v) is 27.2. The van der Waals surface area contributed by atoms with Crippen LogP contribution in [0.15, 0.2) is 84.8 Å². The van der Waals surface area contributed by atoms with E-state index in [4.69, 9.17) is 16.7 Å². The molecule has 0 aliphatic heterocycles. The molecule has 254 valence electrons. The molecule has 13 nitrogen and oxygen atoms in total. The molecule has 14 heteroatoms. The number of carbonyl (C=O) groups excluding carboxylic acids is 2. The summed E-state index contributed by atoms with van der Waals surface area (Å²) in [4.78, 5) is 59.6. The summed E-state index contributed by atoms with van der Waals surface area (Å²) in [5, 5.41) is 41.5. The number of nitro groups is 1. The van der Waals surface area contributed by atoms with Crippen LogP contribution < -0.4 is 21.3 Å². The van der Waals surface area contributed by atoms with Crippen LogP contribution >= 0.6 is 11.6 Å². The summed E-state index contributed by atoms with van der Waals surface area (Å²) in [6, 6.07) is 17.9. The smallest absolute Gasteiger partial charge is 0.326 e. The number of aliphatic carboxylic acids is 2. The van der Waals surface area contributed by atoms with Crippen molar-refractivity contribution in [1.29, 1.82) is 0 Å². The Hall–Kier alpha value is -5.43. The van der Waals surface area contributed by atoms with E-state index in [1.165, 1.54) is 0 Å². The second-order valence-corrected chi connectivity index (χ2v) is 12.0. The Morgan fingerprint density at radius 2 is 1.35 bits per heavy atom. The first-order valence-electron chi connectivity index (χ1n) is 15.1. The fraction of sp³-hybridized carbons (Fsp3) is 0.294. The molecule has 0 fully saturated rings. The van der Waals surface area contributed by atoms with Crippen molar-refractivity contribution >= 4 is 46.7 Å². The average Bonchev–Trinajstić information content (AvgIpc) is 3.01. The van der Waals surface area contributed by atoms with Crippen molar-refractivity contribution in [2.45, 2.75) is 58.0 Å². The molecular weight excluding hydrogens is 642 g/mol. The summed E-state index contributed by atoms with van der Waals surface area (Å²) in [5.41, 5.74) is 3.14. The maximum absolute atomic E-state index is 13.2. The number of carboxylic acid groups (broad SMARTS) is 2. The van der Waals surface area contributed by atoms with Gasteiger partial charge in [-0.2, -0.15) is 0 Å².